The minimum atomic E-state index is -0.952. The number of nitrogens with one attached hydrogen (secondary N) is 1. The SMILES string of the molecule is COC(=O)[C@@H]1CCC[C@@H](Nc2ccc3c(c2N)CC[C@H](C)N3C(=O)O)C1. The van der Waals surface area contributed by atoms with Gasteiger partial charge in [-0.3, -0.25) is 9.69 Å². The molecule has 1 fully saturated rings. The number of benzene rings is 1. The summed E-state index contributed by atoms with van der Waals surface area (Å²) >= 11 is 0. The number of hydrogen-bond acceptors (Lipinski definition) is 5. The fraction of sp³-hybridized carbons (Fsp3) is 0.579. The van der Waals surface area contributed by atoms with Crippen LogP contribution in [0, 0.1) is 5.92 Å². The molecule has 1 aliphatic carbocycles. The van der Waals surface area contributed by atoms with Gasteiger partial charge >= 0.3 is 12.1 Å². The fourth-order valence-electron chi connectivity index (χ4n) is 4.20. The monoisotopic (exact) mass is 361 g/mol. The molecular weight excluding hydrogens is 334 g/mol. The molecule has 1 amide bonds. The molecule has 0 saturated heterocycles. The first kappa shape index (κ1) is 18.4. The average Bonchev–Trinajstić information content (AvgIpc) is 2.63. The zero-order valence-corrected chi connectivity index (χ0v) is 15.3. The van der Waals surface area contributed by atoms with Crippen LogP contribution >= 0.6 is 0 Å². The maximum absolute atomic E-state index is 11.8. The van der Waals surface area contributed by atoms with Gasteiger partial charge in [0.15, 0.2) is 0 Å². The highest BCUT2D eigenvalue weighted by atomic mass is 16.5. The normalized spacial score (nSPS) is 25.3. The topological polar surface area (TPSA) is 105 Å². The first-order valence-corrected chi connectivity index (χ1v) is 9.20. The zero-order valence-electron chi connectivity index (χ0n) is 15.3. The van der Waals surface area contributed by atoms with Crippen molar-refractivity contribution in [3.8, 4) is 0 Å². The van der Waals surface area contributed by atoms with E-state index in [1.165, 1.54) is 12.0 Å². The van der Waals surface area contributed by atoms with Crippen LogP contribution in [0.1, 0.15) is 44.6 Å². The lowest BCUT2D eigenvalue weighted by atomic mass is 9.85. The number of hydrogen-bond donors (Lipinski definition) is 3. The molecule has 1 aromatic carbocycles. The number of anilines is 3. The molecule has 1 aliphatic heterocycles. The van der Waals surface area contributed by atoms with Gasteiger partial charge in [-0.05, 0) is 51.2 Å². The number of nitrogen functional groups attached to an aromatic ring is 1. The third-order valence-corrected chi connectivity index (χ3v) is 5.62. The van der Waals surface area contributed by atoms with E-state index in [0.29, 0.717) is 11.4 Å². The van der Waals surface area contributed by atoms with Crippen molar-refractivity contribution in [3.05, 3.63) is 17.7 Å². The number of nitrogens with two attached hydrogens (primary N) is 1. The van der Waals surface area contributed by atoms with E-state index in [1.54, 1.807) is 0 Å². The van der Waals surface area contributed by atoms with Gasteiger partial charge in [0, 0.05) is 17.6 Å². The Bertz CT molecular complexity index is 706. The van der Waals surface area contributed by atoms with E-state index in [0.717, 1.165) is 49.8 Å². The van der Waals surface area contributed by atoms with Crippen LogP contribution in [-0.4, -0.2) is 36.4 Å². The Morgan fingerprint density at radius 3 is 2.77 bits per heavy atom. The van der Waals surface area contributed by atoms with Crippen molar-refractivity contribution in [3.63, 3.8) is 0 Å². The molecule has 0 unspecified atom stereocenters. The number of carbonyl (C=O) groups excluding carboxylic acids is 1. The summed E-state index contributed by atoms with van der Waals surface area (Å²) in [4.78, 5) is 24.8. The van der Waals surface area contributed by atoms with Crippen molar-refractivity contribution in [2.45, 2.75) is 57.5 Å². The third kappa shape index (κ3) is 3.43. The Kier molecular flexibility index (Phi) is 5.25. The van der Waals surface area contributed by atoms with Crippen molar-refractivity contribution >= 4 is 29.1 Å². The maximum atomic E-state index is 11.8. The first-order chi connectivity index (χ1) is 12.4. The second kappa shape index (κ2) is 7.43. The van der Waals surface area contributed by atoms with Gasteiger partial charge in [-0.25, -0.2) is 4.79 Å². The molecule has 1 heterocycles. The van der Waals surface area contributed by atoms with E-state index in [2.05, 4.69) is 5.32 Å². The molecule has 26 heavy (non-hydrogen) atoms. The van der Waals surface area contributed by atoms with E-state index in [-0.39, 0.29) is 24.0 Å². The van der Waals surface area contributed by atoms with Gasteiger partial charge in [0.05, 0.1) is 30.1 Å². The van der Waals surface area contributed by atoms with E-state index in [4.69, 9.17) is 10.5 Å². The lowest BCUT2D eigenvalue weighted by Gasteiger charge is -2.35. The number of fused-ring (bicyclic) bond motifs is 1. The minimum Gasteiger partial charge on any atom is -0.469 e. The molecule has 1 saturated carbocycles. The second-order valence-electron chi connectivity index (χ2n) is 7.29. The van der Waals surface area contributed by atoms with Crippen LogP contribution in [0.15, 0.2) is 12.1 Å². The molecule has 0 bridgehead atoms. The Hall–Kier alpha value is -2.44. The van der Waals surface area contributed by atoms with E-state index < -0.39 is 6.09 Å². The second-order valence-corrected chi connectivity index (χ2v) is 7.29. The molecule has 7 heteroatoms. The first-order valence-electron chi connectivity index (χ1n) is 9.20. The number of esters is 1. The van der Waals surface area contributed by atoms with Crippen LogP contribution < -0.4 is 16.0 Å². The van der Waals surface area contributed by atoms with Crippen LogP contribution in [0.3, 0.4) is 0 Å². The lowest BCUT2D eigenvalue weighted by molar-refractivity contribution is -0.146. The maximum Gasteiger partial charge on any atom is 0.412 e. The highest BCUT2D eigenvalue weighted by molar-refractivity contribution is 5.92. The van der Waals surface area contributed by atoms with Crippen molar-refractivity contribution in [1.29, 1.82) is 0 Å². The summed E-state index contributed by atoms with van der Waals surface area (Å²) in [5.74, 6) is -0.227. The Labute approximate surface area is 153 Å². The standard InChI is InChI=1S/C19H27N3O4/c1-11-6-7-14-16(22(11)19(24)25)9-8-15(17(14)20)21-13-5-3-4-12(10-13)18(23)26-2/h8-9,11-13,21H,3-7,10,20H2,1-2H3,(H,24,25)/t11-,12+,13+/m0/s1. The largest absolute Gasteiger partial charge is 0.469 e. The third-order valence-electron chi connectivity index (χ3n) is 5.62. The molecule has 142 valence electrons. The number of nitrogens with zero attached hydrogens (tertiary/aromatic N) is 1. The van der Waals surface area contributed by atoms with Gasteiger partial charge in [-0.15, -0.1) is 0 Å². The van der Waals surface area contributed by atoms with Crippen LogP contribution in [0.5, 0.6) is 0 Å². The molecule has 3 rings (SSSR count). The highest BCUT2D eigenvalue weighted by Crippen LogP contribution is 2.39. The number of rotatable bonds is 3. The highest BCUT2D eigenvalue weighted by Gasteiger charge is 2.31. The van der Waals surface area contributed by atoms with E-state index in [9.17, 15) is 14.7 Å². The Morgan fingerprint density at radius 1 is 1.31 bits per heavy atom. The van der Waals surface area contributed by atoms with Crippen molar-refractivity contribution in [2.24, 2.45) is 5.92 Å². The number of ether oxygens (including phenoxy) is 1. The van der Waals surface area contributed by atoms with Gasteiger partial charge in [0.25, 0.3) is 0 Å². The molecule has 2 aliphatic rings. The Balaban J connectivity index is 1.80. The molecule has 1 aromatic rings. The van der Waals surface area contributed by atoms with Gasteiger partial charge in [0.1, 0.15) is 0 Å². The van der Waals surface area contributed by atoms with Crippen LogP contribution in [0.25, 0.3) is 0 Å². The van der Waals surface area contributed by atoms with Crippen molar-refractivity contribution in [2.75, 3.05) is 23.1 Å². The molecule has 0 radical (unpaired) electrons. The summed E-state index contributed by atoms with van der Waals surface area (Å²) in [5.41, 5.74) is 9.37. The quantitative estimate of drug-likeness (QED) is 0.564. The Morgan fingerprint density at radius 2 is 2.08 bits per heavy atom. The van der Waals surface area contributed by atoms with Gasteiger partial charge in [0.2, 0.25) is 0 Å². The fourth-order valence-corrected chi connectivity index (χ4v) is 4.20. The zero-order chi connectivity index (χ0) is 18.8. The summed E-state index contributed by atoms with van der Waals surface area (Å²) in [6.45, 7) is 1.91. The van der Waals surface area contributed by atoms with Gasteiger partial charge in [-0.1, -0.05) is 6.42 Å². The molecule has 0 spiro atoms. The molecule has 0 aromatic heterocycles. The number of amides is 1. The lowest BCUT2D eigenvalue weighted by Crippen LogP contribution is -2.41. The summed E-state index contributed by atoms with van der Waals surface area (Å²) in [6.07, 6.45) is 4.08. The van der Waals surface area contributed by atoms with E-state index >= 15 is 0 Å². The summed E-state index contributed by atoms with van der Waals surface area (Å²) in [7, 11) is 1.43. The van der Waals surface area contributed by atoms with Gasteiger partial charge < -0.3 is 20.9 Å². The predicted octanol–water partition coefficient (Wildman–Crippen LogP) is 3.23. The summed E-state index contributed by atoms with van der Waals surface area (Å²) < 4.78 is 4.88. The average molecular weight is 361 g/mol. The van der Waals surface area contributed by atoms with Crippen molar-refractivity contribution < 1.29 is 19.4 Å². The molecule has 4 N–H and O–H groups in total. The van der Waals surface area contributed by atoms with Crippen LogP contribution in [0.4, 0.5) is 21.9 Å². The number of carbonyl (C=O) groups is 2. The smallest absolute Gasteiger partial charge is 0.412 e. The number of carboxylic acid groups (broad SMARTS) is 1. The molecule has 7 nitrogen and oxygen atoms in total. The van der Waals surface area contributed by atoms with Crippen LogP contribution in [0.2, 0.25) is 0 Å². The van der Waals surface area contributed by atoms with Crippen molar-refractivity contribution in [1.82, 2.24) is 0 Å². The summed E-state index contributed by atoms with van der Waals surface area (Å²) in [5, 5.41) is 13.0. The molecule has 3 atom stereocenters. The number of methoxy groups -OCH3 is 1. The summed E-state index contributed by atoms with van der Waals surface area (Å²) in [6, 6.07) is 3.78. The predicted molar refractivity (Wildman–Crippen MR) is 101 cm³/mol. The van der Waals surface area contributed by atoms with Gasteiger partial charge in [-0.2, -0.15) is 0 Å². The molecular formula is C19H27N3O4. The van der Waals surface area contributed by atoms with Crippen LogP contribution in [-0.2, 0) is 16.0 Å². The van der Waals surface area contributed by atoms with E-state index in [1.807, 2.05) is 19.1 Å². The minimum absolute atomic E-state index is 0.0580.